The van der Waals surface area contributed by atoms with E-state index in [9.17, 15) is 8.42 Å². The molecule has 3 rings (SSSR count). The maximum atomic E-state index is 13.3. The zero-order chi connectivity index (χ0) is 18.0. The fourth-order valence-electron chi connectivity index (χ4n) is 3.16. The molecule has 2 aromatic rings. The lowest BCUT2D eigenvalue weighted by Crippen LogP contribution is -2.31. The Morgan fingerprint density at radius 1 is 1.08 bits per heavy atom. The number of sulfonamides is 1. The molecule has 1 aliphatic heterocycles. The summed E-state index contributed by atoms with van der Waals surface area (Å²) in [6, 6.07) is 11.9. The molecule has 0 aromatic heterocycles. The van der Waals surface area contributed by atoms with Gasteiger partial charge in [0.2, 0.25) is 10.0 Å². The molecule has 134 valence electrons. The molecule has 0 saturated carbocycles. The Morgan fingerprint density at radius 2 is 1.80 bits per heavy atom. The third-order valence-electron chi connectivity index (χ3n) is 4.42. The Labute approximate surface area is 153 Å². The third kappa shape index (κ3) is 3.47. The zero-order valence-corrected chi connectivity index (χ0v) is 15.7. The van der Waals surface area contributed by atoms with Crippen LogP contribution >= 0.6 is 11.6 Å². The summed E-state index contributed by atoms with van der Waals surface area (Å²) in [5, 5.41) is 0.630. The van der Waals surface area contributed by atoms with Crippen LogP contribution in [-0.4, -0.2) is 33.5 Å². The molecule has 1 aliphatic rings. The Morgan fingerprint density at radius 3 is 2.44 bits per heavy atom. The molecule has 0 aliphatic carbocycles. The minimum atomic E-state index is -3.73. The Hall–Kier alpha value is -1.76. The molecule has 0 unspecified atom stereocenters. The van der Waals surface area contributed by atoms with Gasteiger partial charge in [0, 0.05) is 17.6 Å². The number of ether oxygens (including phenoxy) is 2. The standard InChI is InChI=1S/C18H20ClNO4S/c1-23-15-9-10-17(24-2)18(12-15)25(21,22)20-11-3-4-16(20)13-5-7-14(19)8-6-13/h5-10,12,16H,3-4,11H2,1-2H3/t16-/m1/s1. The number of hydrogen-bond acceptors (Lipinski definition) is 4. The van der Waals surface area contributed by atoms with E-state index in [1.54, 1.807) is 24.3 Å². The molecule has 1 saturated heterocycles. The SMILES string of the molecule is COc1ccc(OC)c(S(=O)(=O)N2CCC[C@@H]2c2ccc(Cl)cc2)c1. The molecular weight excluding hydrogens is 362 g/mol. The fourth-order valence-corrected chi connectivity index (χ4v) is 5.14. The minimum Gasteiger partial charge on any atom is -0.497 e. The van der Waals surface area contributed by atoms with E-state index in [1.165, 1.54) is 24.6 Å². The Kier molecular flexibility index (Phi) is 5.22. The number of benzene rings is 2. The van der Waals surface area contributed by atoms with Crippen molar-refractivity contribution in [3.63, 3.8) is 0 Å². The van der Waals surface area contributed by atoms with Gasteiger partial charge in [-0.2, -0.15) is 4.31 Å². The van der Waals surface area contributed by atoms with Gasteiger partial charge in [0.05, 0.1) is 20.3 Å². The van der Waals surface area contributed by atoms with Gasteiger partial charge in [-0.15, -0.1) is 0 Å². The first-order valence-electron chi connectivity index (χ1n) is 7.96. The van der Waals surface area contributed by atoms with E-state index in [4.69, 9.17) is 21.1 Å². The zero-order valence-electron chi connectivity index (χ0n) is 14.1. The summed E-state index contributed by atoms with van der Waals surface area (Å²) in [5.41, 5.74) is 0.937. The monoisotopic (exact) mass is 381 g/mol. The Balaban J connectivity index is 2.03. The molecule has 1 atom stereocenters. The van der Waals surface area contributed by atoms with Gasteiger partial charge in [0.15, 0.2) is 0 Å². The van der Waals surface area contributed by atoms with Crippen molar-refractivity contribution in [1.82, 2.24) is 4.31 Å². The second-order valence-corrected chi connectivity index (χ2v) is 8.14. The first-order chi connectivity index (χ1) is 12.0. The quantitative estimate of drug-likeness (QED) is 0.788. The van der Waals surface area contributed by atoms with Crippen molar-refractivity contribution in [3.8, 4) is 11.5 Å². The number of rotatable bonds is 5. The van der Waals surface area contributed by atoms with E-state index >= 15 is 0 Å². The molecule has 0 bridgehead atoms. The number of hydrogen-bond donors (Lipinski definition) is 0. The van der Waals surface area contributed by atoms with E-state index in [-0.39, 0.29) is 10.9 Å². The van der Waals surface area contributed by atoms with Crippen LogP contribution in [0.15, 0.2) is 47.4 Å². The van der Waals surface area contributed by atoms with E-state index in [0.29, 0.717) is 23.1 Å². The summed E-state index contributed by atoms with van der Waals surface area (Å²) in [4.78, 5) is 0.121. The Bertz CT molecular complexity index is 852. The molecule has 1 fully saturated rings. The highest BCUT2D eigenvalue weighted by molar-refractivity contribution is 7.89. The molecule has 0 spiro atoms. The van der Waals surface area contributed by atoms with Crippen LogP contribution in [0.3, 0.4) is 0 Å². The number of methoxy groups -OCH3 is 2. The molecule has 1 heterocycles. The predicted molar refractivity (Wildman–Crippen MR) is 96.9 cm³/mol. The van der Waals surface area contributed by atoms with Crippen molar-refractivity contribution in [1.29, 1.82) is 0 Å². The second kappa shape index (κ2) is 7.23. The first kappa shape index (κ1) is 18.0. The third-order valence-corrected chi connectivity index (χ3v) is 6.60. The maximum absolute atomic E-state index is 13.3. The second-order valence-electron chi connectivity index (χ2n) is 5.84. The van der Waals surface area contributed by atoms with Crippen molar-refractivity contribution >= 4 is 21.6 Å². The van der Waals surface area contributed by atoms with Crippen LogP contribution in [0.2, 0.25) is 5.02 Å². The van der Waals surface area contributed by atoms with Crippen molar-refractivity contribution < 1.29 is 17.9 Å². The predicted octanol–water partition coefficient (Wildman–Crippen LogP) is 3.88. The molecule has 25 heavy (non-hydrogen) atoms. The lowest BCUT2D eigenvalue weighted by atomic mass is 10.1. The van der Waals surface area contributed by atoms with E-state index in [1.807, 2.05) is 12.1 Å². The van der Waals surface area contributed by atoms with Crippen molar-refractivity contribution in [2.75, 3.05) is 20.8 Å². The largest absolute Gasteiger partial charge is 0.497 e. The highest BCUT2D eigenvalue weighted by Gasteiger charge is 2.37. The number of halogens is 1. The summed E-state index contributed by atoms with van der Waals surface area (Å²) in [6.07, 6.45) is 1.58. The summed E-state index contributed by atoms with van der Waals surface area (Å²) < 4.78 is 38.6. The van der Waals surface area contributed by atoms with Gasteiger partial charge in [-0.1, -0.05) is 23.7 Å². The van der Waals surface area contributed by atoms with E-state index < -0.39 is 10.0 Å². The van der Waals surface area contributed by atoms with Gasteiger partial charge in [-0.25, -0.2) is 8.42 Å². The first-order valence-corrected chi connectivity index (χ1v) is 9.78. The lowest BCUT2D eigenvalue weighted by molar-refractivity contribution is 0.376. The van der Waals surface area contributed by atoms with Crippen LogP contribution < -0.4 is 9.47 Å². The molecular formula is C18H20ClNO4S. The average molecular weight is 382 g/mol. The van der Waals surface area contributed by atoms with Gasteiger partial charge in [0.1, 0.15) is 16.4 Å². The maximum Gasteiger partial charge on any atom is 0.247 e. The van der Waals surface area contributed by atoms with Crippen LogP contribution in [-0.2, 0) is 10.0 Å². The van der Waals surface area contributed by atoms with Crippen LogP contribution in [0.25, 0.3) is 0 Å². The van der Waals surface area contributed by atoms with E-state index in [0.717, 1.165) is 18.4 Å². The highest BCUT2D eigenvalue weighted by Crippen LogP contribution is 2.39. The molecule has 7 heteroatoms. The fraction of sp³-hybridized carbons (Fsp3) is 0.333. The summed E-state index contributed by atoms with van der Waals surface area (Å²) >= 11 is 5.95. The van der Waals surface area contributed by atoms with Crippen molar-refractivity contribution in [3.05, 3.63) is 53.1 Å². The van der Waals surface area contributed by atoms with Crippen LogP contribution in [0.4, 0.5) is 0 Å². The van der Waals surface area contributed by atoms with Crippen molar-refractivity contribution in [2.24, 2.45) is 0 Å². The van der Waals surface area contributed by atoms with Gasteiger partial charge >= 0.3 is 0 Å². The topological polar surface area (TPSA) is 55.8 Å². The van der Waals surface area contributed by atoms with Crippen LogP contribution in [0, 0.1) is 0 Å². The summed E-state index contributed by atoms with van der Waals surface area (Å²) in [7, 11) is -0.762. The van der Waals surface area contributed by atoms with Gasteiger partial charge in [-0.3, -0.25) is 0 Å². The van der Waals surface area contributed by atoms with Crippen molar-refractivity contribution in [2.45, 2.75) is 23.8 Å². The van der Waals surface area contributed by atoms with Gasteiger partial charge < -0.3 is 9.47 Å². The minimum absolute atomic E-state index is 0.121. The molecule has 0 amide bonds. The van der Waals surface area contributed by atoms with Gasteiger partial charge in [-0.05, 0) is 42.7 Å². The molecule has 0 radical (unpaired) electrons. The molecule has 0 N–H and O–H groups in total. The van der Waals surface area contributed by atoms with Crippen LogP contribution in [0.1, 0.15) is 24.4 Å². The average Bonchev–Trinajstić information content (AvgIpc) is 3.12. The van der Waals surface area contributed by atoms with Gasteiger partial charge in [0.25, 0.3) is 0 Å². The lowest BCUT2D eigenvalue weighted by Gasteiger charge is -2.25. The summed E-state index contributed by atoms with van der Waals surface area (Å²) in [5.74, 6) is 0.782. The van der Waals surface area contributed by atoms with E-state index in [2.05, 4.69) is 0 Å². The smallest absolute Gasteiger partial charge is 0.247 e. The molecule has 2 aromatic carbocycles. The summed E-state index contributed by atoms with van der Waals surface area (Å²) in [6.45, 7) is 0.468. The van der Waals surface area contributed by atoms with Crippen LogP contribution in [0.5, 0.6) is 11.5 Å². The normalized spacial score (nSPS) is 18.3. The highest BCUT2D eigenvalue weighted by atomic mass is 35.5. The number of nitrogens with zero attached hydrogens (tertiary/aromatic N) is 1. The molecule has 5 nitrogen and oxygen atoms in total.